The fourth-order valence-electron chi connectivity index (χ4n) is 3.99. The van der Waals surface area contributed by atoms with Crippen molar-refractivity contribution in [2.45, 2.75) is 51.4 Å². The molecule has 3 atom stereocenters. The van der Waals surface area contributed by atoms with Crippen LogP contribution in [0.3, 0.4) is 0 Å². The van der Waals surface area contributed by atoms with Crippen molar-refractivity contribution in [3.63, 3.8) is 0 Å². The summed E-state index contributed by atoms with van der Waals surface area (Å²) in [6.45, 7) is 10.2. The largest absolute Gasteiger partial charge is 0.499 e. The van der Waals surface area contributed by atoms with Crippen LogP contribution >= 0.6 is 0 Å². The predicted molar refractivity (Wildman–Crippen MR) is 120 cm³/mol. The summed E-state index contributed by atoms with van der Waals surface area (Å²) in [5.74, 6) is -4.73. The third-order valence-corrected chi connectivity index (χ3v) is 6.06. The summed E-state index contributed by atoms with van der Waals surface area (Å²) in [4.78, 5) is 33.3. The Hall–Kier alpha value is -2.66. The molecule has 1 aliphatic heterocycles. The normalized spacial score (nSPS) is 22.6. The van der Waals surface area contributed by atoms with Crippen molar-refractivity contribution < 1.29 is 48.5 Å². The lowest BCUT2D eigenvalue weighted by Gasteiger charge is -2.56. The summed E-state index contributed by atoms with van der Waals surface area (Å²) in [5.41, 5.74) is -0.208. The second-order valence-electron chi connectivity index (χ2n) is 8.09. The van der Waals surface area contributed by atoms with Crippen LogP contribution in [0, 0.1) is 11.8 Å². The van der Waals surface area contributed by atoms with Crippen molar-refractivity contribution in [3.8, 4) is 5.75 Å². The van der Waals surface area contributed by atoms with Crippen molar-refractivity contribution >= 4 is 11.9 Å². The van der Waals surface area contributed by atoms with Crippen LogP contribution < -0.4 is 4.74 Å². The van der Waals surface area contributed by atoms with Crippen LogP contribution in [0.5, 0.6) is 5.75 Å². The Morgan fingerprint density at radius 2 is 1.88 bits per heavy atom. The molecule has 1 saturated heterocycles. The van der Waals surface area contributed by atoms with E-state index in [9.17, 15) is 9.59 Å². The Labute approximate surface area is 199 Å². The molecule has 3 unspecified atom stereocenters. The van der Waals surface area contributed by atoms with E-state index in [4.69, 9.17) is 38.9 Å². The van der Waals surface area contributed by atoms with Gasteiger partial charge in [0.05, 0.1) is 12.4 Å². The van der Waals surface area contributed by atoms with Gasteiger partial charge in [0.1, 0.15) is 5.75 Å². The standard InChI is InChI=1S/C24H34O10/c1-6-17(13-16(3)31-12-11-20(21(25)26)22(27)28)23(4)24(29-5,34-33-23)18-9-8-10-19(14-18)32-15-30-7-2/h8-10,14,17,20H,3,6-7,11-13,15H2,1-2,4-5H3,(H,25,26)(H,27,28). The van der Waals surface area contributed by atoms with E-state index in [1.54, 1.807) is 12.1 Å². The molecule has 0 radical (unpaired) electrons. The van der Waals surface area contributed by atoms with Gasteiger partial charge in [-0.1, -0.05) is 25.6 Å². The molecular formula is C24H34O10. The van der Waals surface area contributed by atoms with Gasteiger partial charge in [0.2, 0.25) is 0 Å². The van der Waals surface area contributed by atoms with E-state index < -0.39 is 29.2 Å². The van der Waals surface area contributed by atoms with E-state index in [2.05, 4.69) is 6.58 Å². The SMILES string of the molecule is C=C(CC(CC)C1(C)OOC1(OC)c1cccc(OCOCC)c1)OCCC(C(=O)O)C(=O)O. The predicted octanol–water partition coefficient (Wildman–Crippen LogP) is 3.70. The highest BCUT2D eigenvalue weighted by molar-refractivity contribution is 5.92. The third kappa shape index (κ3) is 5.87. The number of methoxy groups -OCH3 is 1. The zero-order valence-electron chi connectivity index (χ0n) is 20.1. The molecule has 2 rings (SSSR count). The second kappa shape index (κ2) is 12.2. The van der Waals surface area contributed by atoms with Gasteiger partial charge < -0.3 is 29.2 Å². The molecule has 2 N–H and O–H groups in total. The average molecular weight is 483 g/mol. The Morgan fingerprint density at radius 3 is 2.41 bits per heavy atom. The molecule has 0 aromatic heterocycles. The number of allylic oxidation sites excluding steroid dienone is 1. The number of rotatable bonds is 16. The number of carbonyl (C=O) groups is 2. The van der Waals surface area contributed by atoms with Crippen LogP contribution in [0.4, 0.5) is 0 Å². The van der Waals surface area contributed by atoms with Gasteiger partial charge in [0, 0.05) is 38.0 Å². The first-order valence-electron chi connectivity index (χ1n) is 11.1. The summed E-state index contributed by atoms with van der Waals surface area (Å²) in [6, 6.07) is 7.29. The number of hydrogen-bond donors (Lipinski definition) is 2. The Morgan fingerprint density at radius 1 is 1.18 bits per heavy atom. The molecule has 1 aromatic rings. The van der Waals surface area contributed by atoms with Crippen LogP contribution in [-0.4, -0.2) is 54.9 Å². The highest BCUT2D eigenvalue weighted by atomic mass is 17.3. The highest BCUT2D eigenvalue weighted by Gasteiger charge is 2.66. The molecule has 10 nitrogen and oxygen atoms in total. The maximum atomic E-state index is 11.0. The van der Waals surface area contributed by atoms with Crippen molar-refractivity contribution in [2.24, 2.45) is 11.8 Å². The number of carboxylic acids is 2. The third-order valence-electron chi connectivity index (χ3n) is 6.06. The summed E-state index contributed by atoms with van der Waals surface area (Å²) in [7, 11) is 1.53. The first kappa shape index (κ1) is 27.6. The summed E-state index contributed by atoms with van der Waals surface area (Å²) < 4.78 is 22.3. The molecule has 10 heteroatoms. The fraction of sp³-hybridized carbons (Fsp3) is 0.583. The zero-order chi connectivity index (χ0) is 25.4. The first-order chi connectivity index (χ1) is 16.1. The van der Waals surface area contributed by atoms with E-state index in [1.807, 2.05) is 32.9 Å². The van der Waals surface area contributed by atoms with Crippen LogP contribution in [0.2, 0.25) is 0 Å². The van der Waals surface area contributed by atoms with E-state index >= 15 is 0 Å². The van der Waals surface area contributed by atoms with Crippen LogP contribution in [0.15, 0.2) is 36.6 Å². The molecular weight excluding hydrogens is 448 g/mol. The van der Waals surface area contributed by atoms with E-state index in [-0.39, 0.29) is 25.7 Å². The lowest BCUT2D eigenvalue weighted by Crippen LogP contribution is -2.67. The summed E-state index contributed by atoms with van der Waals surface area (Å²) in [5, 5.41) is 18.0. The molecule has 34 heavy (non-hydrogen) atoms. The average Bonchev–Trinajstić information content (AvgIpc) is 2.79. The molecule has 0 amide bonds. The van der Waals surface area contributed by atoms with E-state index in [0.717, 1.165) is 0 Å². The fourth-order valence-corrected chi connectivity index (χ4v) is 3.99. The van der Waals surface area contributed by atoms with Gasteiger partial charge in [-0.3, -0.25) is 9.59 Å². The molecule has 1 fully saturated rings. The van der Waals surface area contributed by atoms with Crippen molar-refractivity contribution in [2.75, 3.05) is 27.1 Å². The molecule has 0 saturated carbocycles. The van der Waals surface area contributed by atoms with Gasteiger partial charge in [-0.25, -0.2) is 4.89 Å². The van der Waals surface area contributed by atoms with Crippen molar-refractivity contribution in [1.82, 2.24) is 0 Å². The van der Waals surface area contributed by atoms with Crippen molar-refractivity contribution in [1.29, 1.82) is 0 Å². The summed E-state index contributed by atoms with van der Waals surface area (Å²) >= 11 is 0. The zero-order valence-corrected chi connectivity index (χ0v) is 20.1. The number of benzene rings is 1. The maximum absolute atomic E-state index is 11.0. The molecule has 0 bridgehead atoms. The maximum Gasteiger partial charge on any atom is 0.318 e. The van der Waals surface area contributed by atoms with E-state index in [1.165, 1.54) is 7.11 Å². The van der Waals surface area contributed by atoms with E-state index in [0.29, 0.717) is 36.5 Å². The van der Waals surface area contributed by atoms with Gasteiger partial charge >= 0.3 is 11.9 Å². The van der Waals surface area contributed by atoms with Crippen LogP contribution in [0.25, 0.3) is 0 Å². The quantitative estimate of drug-likeness (QED) is 0.118. The number of aliphatic carboxylic acids is 2. The molecule has 0 spiro atoms. The van der Waals surface area contributed by atoms with Crippen LogP contribution in [-0.2, 0) is 39.4 Å². The monoisotopic (exact) mass is 482 g/mol. The molecule has 1 heterocycles. The van der Waals surface area contributed by atoms with Gasteiger partial charge in [0.25, 0.3) is 5.79 Å². The molecule has 1 aliphatic rings. The lowest BCUT2D eigenvalue weighted by atomic mass is 9.74. The minimum absolute atomic E-state index is 0.0821. The molecule has 0 aliphatic carbocycles. The van der Waals surface area contributed by atoms with Crippen LogP contribution in [0.1, 0.15) is 45.6 Å². The topological polar surface area (TPSA) is 130 Å². The highest BCUT2D eigenvalue weighted by Crippen LogP contribution is 2.55. The minimum Gasteiger partial charge on any atom is -0.499 e. The Balaban J connectivity index is 2.11. The van der Waals surface area contributed by atoms with Gasteiger partial charge in [-0.15, -0.1) is 0 Å². The summed E-state index contributed by atoms with van der Waals surface area (Å²) in [6.07, 6.45) is 0.863. The second-order valence-corrected chi connectivity index (χ2v) is 8.09. The Kier molecular flexibility index (Phi) is 9.87. The number of hydrogen-bond acceptors (Lipinski definition) is 8. The Bertz CT molecular complexity index is 838. The molecule has 190 valence electrons. The lowest BCUT2D eigenvalue weighted by molar-refractivity contribution is -0.624. The number of ether oxygens (including phenoxy) is 4. The van der Waals surface area contributed by atoms with Gasteiger partial charge in [-0.2, -0.15) is 4.89 Å². The molecule has 1 aromatic carbocycles. The van der Waals surface area contributed by atoms with Gasteiger partial charge in [0.15, 0.2) is 18.3 Å². The first-order valence-corrected chi connectivity index (χ1v) is 11.1. The van der Waals surface area contributed by atoms with Gasteiger partial charge in [-0.05, 0) is 32.4 Å². The van der Waals surface area contributed by atoms with Crippen molar-refractivity contribution in [3.05, 3.63) is 42.2 Å². The smallest absolute Gasteiger partial charge is 0.318 e. The number of carboxylic acid groups (broad SMARTS) is 2. The minimum atomic E-state index is -1.53.